The van der Waals surface area contributed by atoms with Crippen molar-refractivity contribution in [1.82, 2.24) is 9.80 Å². The molecule has 2 aliphatic rings. The topological polar surface area (TPSA) is 79.3 Å². The van der Waals surface area contributed by atoms with Gasteiger partial charge in [0, 0.05) is 37.3 Å². The van der Waals surface area contributed by atoms with Crippen LogP contribution in [0.3, 0.4) is 0 Å². The summed E-state index contributed by atoms with van der Waals surface area (Å²) < 4.78 is 25.7. The molecule has 0 bridgehead atoms. The second kappa shape index (κ2) is 11.3. The zero-order valence-electron chi connectivity index (χ0n) is 19.5. The molecule has 0 unspecified atom stereocenters. The number of halogens is 1. The molecule has 8 heteroatoms. The molecular formula is C27H29FN2O5. The second-order valence-corrected chi connectivity index (χ2v) is 8.45. The monoisotopic (exact) mass is 480 g/mol. The molecule has 7 nitrogen and oxygen atoms in total. The summed E-state index contributed by atoms with van der Waals surface area (Å²) in [6, 6.07) is 11.5. The van der Waals surface area contributed by atoms with Crippen molar-refractivity contribution in [2.24, 2.45) is 0 Å². The zero-order valence-corrected chi connectivity index (χ0v) is 19.5. The number of hydrogen-bond donors (Lipinski definition) is 1. The van der Waals surface area contributed by atoms with E-state index in [1.54, 1.807) is 48.5 Å². The number of amides is 1. The number of ketones is 1. The summed E-state index contributed by atoms with van der Waals surface area (Å²) in [5.41, 5.74) is 0.389. The van der Waals surface area contributed by atoms with E-state index in [1.807, 2.05) is 0 Å². The Morgan fingerprint density at radius 1 is 1.11 bits per heavy atom. The predicted octanol–water partition coefficient (Wildman–Crippen LogP) is 3.53. The number of ether oxygens (including phenoxy) is 2. The molecule has 2 aromatic carbocycles. The van der Waals surface area contributed by atoms with Gasteiger partial charge in [-0.25, -0.2) is 4.39 Å². The van der Waals surface area contributed by atoms with Crippen LogP contribution in [0.4, 0.5) is 4.39 Å². The molecule has 0 aliphatic carbocycles. The van der Waals surface area contributed by atoms with E-state index < -0.39 is 23.5 Å². The van der Waals surface area contributed by atoms with Crippen molar-refractivity contribution < 1.29 is 28.6 Å². The van der Waals surface area contributed by atoms with E-state index in [4.69, 9.17) is 9.47 Å². The predicted molar refractivity (Wildman–Crippen MR) is 129 cm³/mol. The summed E-state index contributed by atoms with van der Waals surface area (Å²) >= 11 is 0. The average Bonchev–Trinajstić information content (AvgIpc) is 3.13. The number of rotatable bonds is 9. The van der Waals surface area contributed by atoms with Gasteiger partial charge in [-0.05, 0) is 36.8 Å². The van der Waals surface area contributed by atoms with E-state index in [1.165, 1.54) is 11.0 Å². The molecule has 0 aromatic heterocycles. The standard InChI is InChI=1S/C27H29FN2O5/c1-2-16-35-20-10-8-19(9-11-20)25(31)23-24(21-6-3-4-7-22(21)28)30(27(33)26(23)32)13-5-12-29-14-17-34-18-15-29/h2-4,6-11,24,31H,1,5,12-18H2/b25-23+/t24-/m0/s1. The number of morpholine rings is 1. The lowest BCUT2D eigenvalue weighted by Crippen LogP contribution is -2.39. The smallest absolute Gasteiger partial charge is 0.295 e. The van der Waals surface area contributed by atoms with Crippen molar-refractivity contribution in [1.29, 1.82) is 0 Å². The third-order valence-corrected chi connectivity index (χ3v) is 6.21. The van der Waals surface area contributed by atoms with E-state index in [0.717, 1.165) is 19.6 Å². The van der Waals surface area contributed by atoms with Gasteiger partial charge < -0.3 is 19.5 Å². The number of nitrogens with zero attached hydrogens (tertiary/aromatic N) is 2. The van der Waals surface area contributed by atoms with Crippen LogP contribution in [-0.4, -0.2) is 72.6 Å². The highest BCUT2D eigenvalue weighted by molar-refractivity contribution is 6.46. The highest BCUT2D eigenvalue weighted by atomic mass is 19.1. The maximum Gasteiger partial charge on any atom is 0.295 e. The van der Waals surface area contributed by atoms with Gasteiger partial charge in [-0.2, -0.15) is 0 Å². The van der Waals surface area contributed by atoms with Crippen LogP contribution in [0.1, 0.15) is 23.6 Å². The Bertz CT molecular complexity index is 1110. The van der Waals surface area contributed by atoms with Crippen LogP contribution in [0.2, 0.25) is 0 Å². The first-order chi connectivity index (χ1) is 17.0. The van der Waals surface area contributed by atoms with Gasteiger partial charge >= 0.3 is 0 Å². The molecule has 0 radical (unpaired) electrons. The molecule has 0 spiro atoms. The number of carbonyl (C=O) groups is 2. The van der Waals surface area contributed by atoms with E-state index in [-0.39, 0.29) is 23.4 Å². The minimum Gasteiger partial charge on any atom is -0.507 e. The quantitative estimate of drug-likeness (QED) is 0.256. The van der Waals surface area contributed by atoms with E-state index in [0.29, 0.717) is 37.6 Å². The van der Waals surface area contributed by atoms with Crippen molar-refractivity contribution in [3.05, 3.63) is 83.7 Å². The van der Waals surface area contributed by atoms with Crippen LogP contribution in [0.25, 0.3) is 5.76 Å². The third kappa shape index (κ3) is 5.44. The van der Waals surface area contributed by atoms with Gasteiger partial charge in [0.05, 0.1) is 24.8 Å². The van der Waals surface area contributed by atoms with Crippen LogP contribution in [0.5, 0.6) is 5.75 Å². The lowest BCUT2D eigenvalue weighted by Gasteiger charge is -2.29. The molecule has 2 aromatic rings. The SMILES string of the molecule is C=CCOc1ccc(/C(O)=C2\C(=O)C(=O)N(CCCN3CCOCC3)[C@H]2c2ccccc2F)cc1. The largest absolute Gasteiger partial charge is 0.507 e. The minimum absolute atomic E-state index is 0.119. The van der Waals surface area contributed by atoms with Gasteiger partial charge in [-0.3, -0.25) is 14.5 Å². The fourth-order valence-electron chi connectivity index (χ4n) is 4.44. The summed E-state index contributed by atoms with van der Waals surface area (Å²) in [5, 5.41) is 11.1. The number of aliphatic hydroxyl groups is 1. The first-order valence-electron chi connectivity index (χ1n) is 11.7. The molecule has 184 valence electrons. The Morgan fingerprint density at radius 2 is 1.83 bits per heavy atom. The van der Waals surface area contributed by atoms with Crippen LogP contribution >= 0.6 is 0 Å². The third-order valence-electron chi connectivity index (χ3n) is 6.21. The summed E-state index contributed by atoms with van der Waals surface area (Å²) in [7, 11) is 0. The van der Waals surface area contributed by atoms with Gasteiger partial charge in [0.15, 0.2) is 0 Å². The summed E-state index contributed by atoms with van der Waals surface area (Å²) in [6.45, 7) is 7.85. The van der Waals surface area contributed by atoms with Gasteiger partial charge in [0.2, 0.25) is 0 Å². The minimum atomic E-state index is -1.02. The maximum atomic E-state index is 14.9. The molecule has 2 aliphatic heterocycles. The van der Waals surface area contributed by atoms with E-state index >= 15 is 0 Å². The molecule has 35 heavy (non-hydrogen) atoms. The van der Waals surface area contributed by atoms with Crippen molar-refractivity contribution in [3.63, 3.8) is 0 Å². The highest BCUT2D eigenvalue weighted by Crippen LogP contribution is 2.40. The molecule has 1 atom stereocenters. The molecule has 1 N–H and O–H groups in total. The number of Topliss-reactive ketones (excluding diaryl/α,β-unsaturated/α-hetero) is 1. The lowest BCUT2D eigenvalue weighted by atomic mass is 9.95. The molecular weight excluding hydrogens is 451 g/mol. The van der Waals surface area contributed by atoms with Gasteiger partial charge in [-0.1, -0.05) is 30.9 Å². The fourth-order valence-corrected chi connectivity index (χ4v) is 4.44. The normalized spacial score (nSPS) is 20.3. The van der Waals surface area contributed by atoms with Crippen molar-refractivity contribution in [2.45, 2.75) is 12.5 Å². The Morgan fingerprint density at radius 3 is 2.51 bits per heavy atom. The van der Waals surface area contributed by atoms with Gasteiger partial charge in [0.25, 0.3) is 11.7 Å². The fraction of sp³-hybridized carbons (Fsp3) is 0.333. The van der Waals surface area contributed by atoms with E-state index in [2.05, 4.69) is 11.5 Å². The molecule has 2 heterocycles. The Labute approximate surface area is 204 Å². The number of benzene rings is 2. The highest BCUT2D eigenvalue weighted by Gasteiger charge is 2.46. The summed E-state index contributed by atoms with van der Waals surface area (Å²) in [4.78, 5) is 29.8. The van der Waals surface area contributed by atoms with Crippen molar-refractivity contribution >= 4 is 17.4 Å². The van der Waals surface area contributed by atoms with Crippen LogP contribution in [0, 0.1) is 5.82 Å². The lowest BCUT2D eigenvalue weighted by molar-refractivity contribution is -0.140. The van der Waals surface area contributed by atoms with Gasteiger partial charge in [-0.15, -0.1) is 0 Å². The Hall–Kier alpha value is -3.49. The first-order valence-corrected chi connectivity index (χ1v) is 11.7. The average molecular weight is 481 g/mol. The van der Waals surface area contributed by atoms with E-state index in [9.17, 15) is 19.1 Å². The van der Waals surface area contributed by atoms with Gasteiger partial charge in [0.1, 0.15) is 23.9 Å². The molecule has 2 saturated heterocycles. The van der Waals surface area contributed by atoms with Crippen LogP contribution in [0.15, 0.2) is 66.8 Å². The first kappa shape index (κ1) is 24.6. The van der Waals surface area contributed by atoms with Crippen LogP contribution < -0.4 is 4.74 Å². The van der Waals surface area contributed by atoms with Crippen LogP contribution in [-0.2, 0) is 14.3 Å². The Kier molecular flexibility index (Phi) is 7.94. The zero-order chi connectivity index (χ0) is 24.8. The number of hydrogen-bond acceptors (Lipinski definition) is 6. The number of carbonyl (C=O) groups excluding carboxylic acids is 2. The molecule has 0 saturated carbocycles. The number of aliphatic hydroxyl groups excluding tert-OH is 1. The molecule has 4 rings (SSSR count). The summed E-state index contributed by atoms with van der Waals surface area (Å²) in [6.07, 6.45) is 2.22. The van der Waals surface area contributed by atoms with Crippen molar-refractivity contribution in [3.8, 4) is 5.75 Å². The maximum absolute atomic E-state index is 14.9. The molecule has 2 fully saturated rings. The summed E-state index contributed by atoms with van der Waals surface area (Å²) in [5.74, 6) is -1.89. The second-order valence-electron chi connectivity index (χ2n) is 8.45. The van der Waals surface area contributed by atoms with Crippen molar-refractivity contribution in [2.75, 3.05) is 46.0 Å². The Balaban J connectivity index is 1.65. The molecule has 1 amide bonds. The number of likely N-dealkylation sites (tertiary alicyclic amines) is 1.